The highest BCUT2D eigenvalue weighted by molar-refractivity contribution is 7.99. The van der Waals surface area contributed by atoms with Crippen LogP contribution in [0.2, 0.25) is 0 Å². The molecule has 0 heterocycles. The molecule has 0 aromatic heterocycles. The topological polar surface area (TPSA) is 63.6 Å². The Balaban J connectivity index is 4.04. The number of unbranched alkanes of at least 4 members (excludes halogenated alkanes) is 19. The van der Waals surface area contributed by atoms with Crippen LogP contribution in [0.5, 0.6) is 0 Å². The van der Waals surface area contributed by atoms with Crippen molar-refractivity contribution in [2.24, 2.45) is 0 Å². The van der Waals surface area contributed by atoms with Crippen LogP contribution in [0.15, 0.2) is 0 Å². The van der Waals surface area contributed by atoms with E-state index in [1.54, 1.807) is 0 Å². The Bertz CT molecular complexity index is 497. The third-order valence-corrected chi connectivity index (χ3v) is 8.20. The van der Waals surface area contributed by atoms with Gasteiger partial charge in [-0.2, -0.15) is 11.8 Å². The van der Waals surface area contributed by atoms with E-state index in [1.165, 1.54) is 134 Å². The van der Waals surface area contributed by atoms with Crippen LogP contribution in [-0.4, -0.2) is 34.7 Å². The molecule has 0 aromatic rings. The van der Waals surface area contributed by atoms with Gasteiger partial charge >= 0.3 is 11.9 Å². The zero-order valence-corrected chi connectivity index (χ0v) is 25.6. The second-order valence-electron chi connectivity index (χ2n) is 10.9. The van der Waals surface area contributed by atoms with Crippen molar-refractivity contribution in [3.8, 4) is 0 Å². The smallest absolute Gasteiger partial charge is 0.306 e. The summed E-state index contributed by atoms with van der Waals surface area (Å²) in [5.41, 5.74) is 0. The molecule has 37 heavy (non-hydrogen) atoms. The molecule has 0 amide bonds. The largest absolute Gasteiger partial charge is 0.481 e. The van der Waals surface area contributed by atoms with E-state index in [1.807, 2.05) is 0 Å². The first-order chi connectivity index (χ1) is 18.1. The van der Waals surface area contributed by atoms with Crippen LogP contribution < -0.4 is 0 Å². The van der Waals surface area contributed by atoms with Crippen LogP contribution in [0, 0.1) is 0 Å². The first-order valence-electron chi connectivity index (χ1n) is 16.1. The van der Waals surface area contributed by atoms with Gasteiger partial charge in [0.15, 0.2) is 0 Å². The van der Waals surface area contributed by atoms with Crippen molar-refractivity contribution in [2.75, 3.05) is 11.5 Å². The number of hydrogen-bond donors (Lipinski definition) is 1. The van der Waals surface area contributed by atoms with Gasteiger partial charge in [-0.3, -0.25) is 9.59 Å². The first-order valence-corrected chi connectivity index (χ1v) is 17.2. The summed E-state index contributed by atoms with van der Waals surface area (Å²) in [4.78, 5) is 23.0. The lowest BCUT2D eigenvalue weighted by atomic mass is 10.0. The Kier molecular flexibility index (Phi) is 29.3. The van der Waals surface area contributed by atoms with Crippen LogP contribution in [0.3, 0.4) is 0 Å². The molecule has 0 aliphatic heterocycles. The molecule has 0 aliphatic carbocycles. The van der Waals surface area contributed by atoms with E-state index in [-0.39, 0.29) is 18.5 Å². The van der Waals surface area contributed by atoms with Crippen molar-refractivity contribution in [3.05, 3.63) is 0 Å². The van der Waals surface area contributed by atoms with E-state index < -0.39 is 5.97 Å². The monoisotopic (exact) mass is 542 g/mol. The molecule has 0 radical (unpaired) electrons. The number of ether oxygens (including phenoxy) is 1. The molecule has 0 bridgehead atoms. The summed E-state index contributed by atoms with van der Waals surface area (Å²) >= 11 is 1.53. The average Bonchev–Trinajstić information content (AvgIpc) is 2.87. The fourth-order valence-electron chi connectivity index (χ4n) is 4.82. The average molecular weight is 543 g/mol. The maximum absolute atomic E-state index is 12.4. The Hall–Kier alpha value is -0.710. The molecular weight excluding hydrogens is 480 g/mol. The molecule has 0 aromatic carbocycles. The molecule has 0 fully saturated rings. The molecule has 0 aliphatic rings. The van der Waals surface area contributed by atoms with Crippen molar-refractivity contribution in [1.82, 2.24) is 0 Å². The molecular formula is C32H62O4S. The minimum atomic E-state index is -0.779. The summed E-state index contributed by atoms with van der Waals surface area (Å²) in [6.07, 6.45) is 30.5. The molecule has 0 spiro atoms. The highest BCUT2D eigenvalue weighted by Gasteiger charge is 2.14. The lowest BCUT2D eigenvalue weighted by Crippen LogP contribution is -2.19. The number of rotatable bonds is 30. The molecule has 0 saturated heterocycles. The molecule has 1 unspecified atom stereocenters. The number of aliphatic carboxylic acids is 1. The Morgan fingerprint density at radius 2 is 0.919 bits per heavy atom. The molecule has 220 valence electrons. The lowest BCUT2D eigenvalue weighted by molar-refractivity contribution is -0.149. The van der Waals surface area contributed by atoms with Crippen LogP contribution in [0.1, 0.15) is 174 Å². The van der Waals surface area contributed by atoms with Gasteiger partial charge in [0.25, 0.3) is 0 Å². The SMILES string of the molecule is CCCCCCCCCCCCCC(CCCCCCCCCCCC)OC(=O)CCSCCC(=O)O. The zero-order valence-electron chi connectivity index (χ0n) is 24.7. The normalized spacial score (nSPS) is 12.1. The minimum Gasteiger partial charge on any atom is -0.481 e. The predicted molar refractivity (Wildman–Crippen MR) is 162 cm³/mol. The minimum absolute atomic E-state index is 0.0594. The van der Waals surface area contributed by atoms with E-state index in [2.05, 4.69) is 13.8 Å². The number of carboxylic acids is 1. The van der Waals surface area contributed by atoms with Gasteiger partial charge < -0.3 is 9.84 Å². The molecule has 1 atom stereocenters. The summed E-state index contributed by atoms with van der Waals surface area (Å²) in [5.74, 6) is 0.320. The van der Waals surface area contributed by atoms with Gasteiger partial charge in [0.2, 0.25) is 0 Å². The van der Waals surface area contributed by atoms with Gasteiger partial charge in [-0.05, 0) is 25.7 Å². The first kappa shape index (κ1) is 36.3. The Morgan fingerprint density at radius 3 is 1.30 bits per heavy atom. The van der Waals surface area contributed by atoms with Crippen molar-refractivity contribution < 1.29 is 19.4 Å². The lowest BCUT2D eigenvalue weighted by Gasteiger charge is -2.18. The van der Waals surface area contributed by atoms with Crippen LogP contribution in [0.25, 0.3) is 0 Å². The number of carbonyl (C=O) groups excluding carboxylic acids is 1. The van der Waals surface area contributed by atoms with Gasteiger partial charge in [-0.1, -0.05) is 136 Å². The number of hydrogen-bond acceptors (Lipinski definition) is 4. The Labute approximate surface area is 234 Å². The van der Waals surface area contributed by atoms with Crippen molar-refractivity contribution in [2.45, 2.75) is 180 Å². The number of thioether (sulfide) groups is 1. The van der Waals surface area contributed by atoms with E-state index >= 15 is 0 Å². The molecule has 4 nitrogen and oxygen atoms in total. The zero-order chi connectivity index (χ0) is 27.2. The quantitative estimate of drug-likeness (QED) is 0.0722. The fraction of sp³-hybridized carbons (Fsp3) is 0.938. The highest BCUT2D eigenvalue weighted by atomic mass is 32.2. The summed E-state index contributed by atoms with van der Waals surface area (Å²) in [5, 5.41) is 8.73. The van der Waals surface area contributed by atoms with Crippen LogP contribution >= 0.6 is 11.8 Å². The number of esters is 1. The van der Waals surface area contributed by atoms with Crippen LogP contribution in [0.4, 0.5) is 0 Å². The van der Waals surface area contributed by atoms with Gasteiger partial charge in [0.1, 0.15) is 6.10 Å². The predicted octanol–water partition coefficient (Wildman–Crippen LogP) is 10.5. The molecule has 0 rings (SSSR count). The second-order valence-corrected chi connectivity index (χ2v) is 12.1. The van der Waals surface area contributed by atoms with Crippen LogP contribution in [-0.2, 0) is 14.3 Å². The maximum atomic E-state index is 12.4. The maximum Gasteiger partial charge on any atom is 0.306 e. The summed E-state index contributed by atoms with van der Waals surface area (Å²) in [6, 6.07) is 0. The van der Waals surface area contributed by atoms with E-state index in [0.29, 0.717) is 17.9 Å². The van der Waals surface area contributed by atoms with E-state index in [9.17, 15) is 9.59 Å². The number of carboxylic acid groups (broad SMARTS) is 1. The van der Waals surface area contributed by atoms with E-state index in [4.69, 9.17) is 9.84 Å². The Morgan fingerprint density at radius 1 is 0.568 bits per heavy atom. The summed E-state index contributed by atoms with van der Waals surface area (Å²) < 4.78 is 5.88. The second kappa shape index (κ2) is 29.8. The highest BCUT2D eigenvalue weighted by Crippen LogP contribution is 2.19. The summed E-state index contributed by atoms with van der Waals surface area (Å²) in [6.45, 7) is 4.54. The third-order valence-electron chi connectivity index (χ3n) is 7.22. The number of carbonyl (C=O) groups is 2. The van der Waals surface area contributed by atoms with Gasteiger partial charge in [-0.25, -0.2) is 0 Å². The standard InChI is InChI=1S/C32H62O4S/c1-3-5-7-9-11-13-15-17-19-21-23-25-30(36-32(35)27-29-37-28-26-31(33)34)24-22-20-18-16-14-12-10-8-6-4-2/h30H,3-29H2,1-2H3,(H,33,34). The molecule has 1 N–H and O–H groups in total. The third kappa shape index (κ3) is 29.7. The van der Waals surface area contributed by atoms with Crippen molar-refractivity contribution in [1.29, 1.82) is 0 Å². The van der Waals surface area contributed by atoms with Crippen molar-refractivity contribution in [3.63, 3.8) is 0 Å². The van der Waals surface area contributed by atoms with Crippen molar-refractivity contribution >= 4 is 23.7 Å². The molecule has 0 saturated carbocycles. The van der Waals surface area contributed by atoms with E-state index in [0.717, 1.165) is 25.7 Å². The molecule has 5 heteroatoms. The van der Waals surface area contributed by atoms with Gasteiger partial charge in [-0.15, -0.1) is 0 Å². The summed E-state index contributed by atoms with van der Waals surface area (Å²) in [7, 11) is 0. The van der Waals surface area contributed by atoms with Gasteiger partial charge in [0.05, 0.1) is 12.8 Å². The fourth-order valence-corrected chi connectivity index (χ4v) is 5.65. The van der Waals surface area contributed by atoms with Gasteiger partial charge in [0, 0.05) is 11.5 Å².